The Balaban J connectivity index is 1.70. The van der Waals surface area contributed by atoms with Crippen LogP contribution in [0, 0.1) is 5.41 Å². The lowest BCUT2D eigenvalue weighted by molar-refractivity contribution is 0.191. The molecule has 0 bridgehead atoms. The van der Waals surface area contributed by atoms with Gasteiger partial charge in [-0.25, -0.2) is 8.42 Å². The highest BCUT2D eigenvalue weighted by atomic mass is 32.2. The molecule has 6 heteroatoms. The Morgan fingerprint density at radius 1 is 1.03 bits per heavy atom. The van der Waals surface area contributed by atoms with E-state index in [4.69, 9.17) is 4.84 Å². The number of oxime groups is 1. The minimum Gasteiger partial charge on any atom is -0.399 e. The van der Waals surface area contributed by atoms with Crippen molar-refractivity contribution in [1.82, 2.24) is 4.31 Å². The largest absolute Gasteiger partial charge is 0.399 e. The van der Waals surface area contributed by atoms with Gasteiger partial charge in [-0.15, -0.1) is 0 Å². The molecule has 0 aromatic heterocycles. The SMILES string of the molecule is CON=C1C=C2CCN(S(=O)(=O)c3ccccc3)CC2(Cc2ccccc2)CC1. The van der Waals surface area contributed by atoms with E-state index in [-0.39, 0.29) is 5.41 Å². The number of nitrogens with zero attached hydrogens (tertiary/aromatic N) is 2. The third-order valence-electron chi connectivity index (χ3n) is 5.97. The molecule has 1 saturated heterocycles. The van der Waals surface area contributed by atoms with Crippen LogP contribution < -0.4 is 0 Å². The number of piperidine rings is 1. The van der Waals surface area contributed by atoms with Gasteiger partial charge in [0.2, 0.25) is 10.0 Å². The molecule has 1 aliphatic carbocycles. The molecule has 29 heavy (non-hydrogen) atoms. The molecule has 5 nitrogen and oxygen atoms in total. The first-order chi connectivity index (χ1) is 14.0. The Kier molecular flexibility index (Phi) is 5.56. The van der Waals surface area contributed by atoms with Gasteiger partial charge in [0.25, 0.3) is 0 Å². The van der Waals surface area contributed by atoms with Crippen molar-refractivity contribution in [1.29, 1.82) is 0 Å². The van der Waals surface area contributed by atoms with Gasteiger partial charge in [-0.1, -0.05) is 59.3 Å². The summed E-state index contributed by atoms with van der Waals surface area (Å²) in [6.07, 6.45) is 5.30. The van der Waals surface area contributed by atoms with Gasteiger partial charge in [0.15, 0.2) is 0 Å². The molecule has 1 atom stereocenters. The second kappa shape index (κ2) is 8.13. The molecule has 0 saturated carbocycles. The molecule has 0 N–H and O–H groups in total. The Hall–Kier alpha value is -2.44. The zero-order chi connectivity index (χ0) is 20.3. The zero-order valence-corrected chi connectivity index (χ0v) is 17.4. The lowest BCUT2D eigenvalue weighted by atomic mass is 9.66. The fraction of sp³-hybridized carbons (Fsp3) is 0.348. The number of hydrogen-bond donors (Lipinski definition) is 0. The Bertz CT molecular complexity index is 1020. The fourth-order valence-corrected chi connectivity index (χ4v) is 6.06. The van der Waals surface area contributed by atoms with E-state index in [2.05, 4.69) is 23.4 Å². The van der Waals surface area contributed by atoms with Crippen LogP contribution in [0.2, 0.25) is 0 Å². The Morgan fingerprint density at radius 3 is 2.41 bits per heavy atom. The van der Waals surface area contributed by atoms with Crippen molar-refractivity contribution in [3.63, 3.8) is 0 Å². The number of allylic oxidation sites excluding steroid dienone is 1. The van der Waals surface area contributed by atoms with Crippen LogP contribution in [0.25, 0.3) is 0 Å². The third-order valence-corrected chi connectivity index (χ3v) is 7.83. The topological polar surface area (TPSA) is 59.0 Å². The van der Waals surface area contributed by atoms with Gasteiger partial charge < -0.3 is 4.84 Å². The standard InChI is InChI=1S/C23H26N2O3S/c1-28-24-21-12-14-23(17-19-8-4-2-5-9-19)18-25(15-13-20(23)16-21)29(26,27)22-10-6-3-7-11-22/h2-11,16H,12-15,17-18H2,1H3. The minimum atomic E-state index is -3.52. The summed E-state index contributed by atoms with van der Waals surface area (Å²) in [5.74, 6) is 0. The van der Waals surface area contributed by atoms with Gasteiger partial charge in [0.1, 0.15) is 7.11 Å². The second-order valence-corrected chi connectivity index (χ2v) is 9.72. The van der Waals surface area contributed by atoms with Crippen LogP contribution in [0.5, 0.6) is 0 Å². The molecule has 152 valence electrons. The average Bonchev–Trinajstić information content (AvgIpc) is 2.75. The summed E-state index contributed by atoms with van der Waals surface area (Å²) < 4.78 is 28.2. The van der Waals surface area contributed by atoms with Gasteiger partial charge in [-0.3, -0.25) is 0 Å². The van der Waals surface area contributed by atoms with Crippen molar-refractivity contribution >= 4 is 15.7 Å². The van der Waals surface area contributed by atoms with Gasteiger partial charge in [0.05, 0.1) is 10.6 Å². The predicted octanol–water partition coefficient (Wildman–Crippen LogP) is 4.03. The van der Waals surface area contributed by atoms with E-state index in [0.29, 0.717) is 24.4 Å². The first-order valence-corrected chi connectivity index (χ1v) is 11.4. The van der Waals surface area contributed by atoms with E-state index < -0.39 is 10.0 Å². The van der Waals surface area contributed by atoms with Crippen LogP contribution in [0.3, 0.4) is 0 Å². The van der Waals surface area contributed by atoms with E-state index in [1.54, 1.807) is 35.7 Å². The van der Waals surface area contributed by atoms with Crippen LogP contribution in [0.4, 0.5) is 0 Å². The van der Waals surface area contributed by atoms with Crippen LogP contribution >= 0.6 is 0 Å². The summed E-state index contributed by atoms with van der Waals surface area (Å²) >= 11 is 0. The molecule has 4 rings (SSSR count). The molecule has 1 fully saturated rings. The summed E-state index contributed by atoms with van der Waals surface area (Å²) in [5.41, 5.74) is 3.23. The van der Waals surface area contributed by atoms with Gasteiger partial charge in [0, 0.05) is 18.5 Å². The lowest BCUT2D eigenvalue weighted by Crippen LogP contribution is -2.49. The highest BCUT2D eigenvalue weighted by Crippen LogP contribution is 2.46. The maximum Gasteiger partial charge on any atom is 0.243 e. The van der Waals surface area contributed by atoms with Gasteiger partial charge in [-0.2, -0.15) is 4.31 Å². The van der Waals surface area contributed by atoms with Gasteiger partial charge in [-0.05, 0) is 49.5 Å². The minimum absolute atomic E-state index is 0.214. The van der Waals surface area contributed by atoms with Crippen LogP contribution in [-0.4, -0.2) is 38.6 Å². The lowest BCUT2D eigenvalue weighted by Gasteiger charge is -2.46. The van der Waals surface area contributed by atoms with Crippen molar-refractivity contribution in [3.05, 3.63) is 77.9 Å². The molecule has 0 spiro atoms. The number of sulfonamides is 1. The van der Waals surface area contributed by atoms with Crippen molar-refractivity contribution in [2.75, 3.05) is 20.2 Å². The van der Waals surface area contributed by atoms with Crippen molar-refractivity contribution < 1.29 is 13.3 Å². The number of rotatable bonds is 5. The third kappa shape index (κ3) is 4.00. The highest BCUT2D eigenvalue weighted by molar-refractivity contribution is 7.89. The van der Waals surface area contributed by atoms with E-state index in [1.807, 2.05) is 24.3 Å². The van der Waals surface area contributed by atoms with E-state index in [9.17, 15) is 8.42 Å². The summed E-state index contributed by atoms with van der Waals surface area (Å²) in [6, 6.07) is 19.1. The van der Waals surface area contributed by atoms with Crippen LogP contribution in [-0.2, 0) is 21.3 Å². The Labute approximate surface area is 172 Å². The van der Waals surface area contributed by atoms with Crippen LogP contribution in [0.1, 0.15) is 24.8 Å². The summed E-state index contributed by atoms with van der Waals surface area (Å²) in [5, 5.41) is 4.14. The number of hydrogen-bond acceptors (Lipinski definition) is 4. The van der Waals surface area contributed by atoms with Gasteiger partial charge >= 0.3 is 0 Å². The molecule has 2 aromatic carbocycles. The maximum absolute atomic E-state index is 13.3. The molecule has 1 unspecified atom stereocenters. The molecule has 1 heterocycles. The average molecular weight is 411 g/mol. The molecular weight excluding hydrogens is 384 g/mol. The first-order valence-electron chi connectivity index (χ1n) is 9.94. The molecular formula is C23H26N2O3S. The fourth-order valence-electron chi connectivity index (χ4n) is 4.51. The summed E-state index contributed by atoms with van der Waals surface area (Å²) in [7, 11) is -1.95. The monoisotopic (exact) mass is 410 g/mol. The quantitative estimate of drug-likeness (QED) is 0.699. The van der Waals surface area contributed by atoms with Crippen molar-refractivity contribution in [3.8, 4) is 0 Å². The van der Waals surface area contributed by atoms with E-state index >= 15 is 0 Å². The summed E-state index contributed by atoms with van der Waals surface area (Å²) in [4.78, 5) is 5.34. The normalized spacial score (nSPS) is 24.0. The molecule has 2 aromatic rings. The maximum atomic E-state index is 13.3. The smallest absolute Gasteiger partial charge is 0.243 e. The zero-order valence-electron chi connectivity index (χ0n) is 16.6. The number of benzene rings is 2. The summed E-state index contributed by atoms with van der Waals surface area (Å²) in [6.45, 7) is 0.977. The Morgan fingerprint density at radius 2 is 1.72 bits per heavy atom. The molecule has 0 amide bonds. The van der Waals surface area contributed by atoms with Crippen molar-refractivity contribution in [2.24, 2.45) is 10.6 Å². The van der Waals surface area contributed by atoms with Crippen LogP contribution in [0.15, 0.2) is 82.4 Å². The second-order valence-electron chi connectivity index (χ2n) is 7.78. The first kappa shape index (κ1) is 19.9. The predicted molar refractivity (Wildman–Crippen MR) is 114 cm³/mol. The molecule has 1 aliphatic heterocycles. The molecule has 0 radical (unpaired) electrons. The van der Waals surface area contributed by atoms with E-state index in [1.165, 1.54) is 11.1 Å². The van der Waals surface area contributed by atoms with E-state index in [0.717, 1.165) is 25.0 Å². The van der Waals surface area contributed by atoms with Crippen molar-refractivity contribution in [2.45, 2.75) is 30.6 Å². The molecule has 2 aliphatic rings. The number of fused-ring (bicyclic) bond motifs is 1. The highest BCUT2D eigenvalue weighted by Gasteiger charge is 2.44.